The Balaban J connectivity index is 2.57. The van der Waals surface area contributed by atoms with Crippen molar-refractivity contribution in [2.24, 2.45) is 0 Å². The molecule has 4 heteroatoms. The zero-order valence-corrected chi connectivity index (χ0v) is 11.2. The third kappa shape index (κ3) is 4.31. The Bertz CT molecular complexity index is 293. The normalized spacial score (nSPS) is 9.94. The highest BCUT2D eigenvalue weighted by Gasteiger charge is 2.02. The average Bonchev–Trinajstić information content (AvgIpc) is 2.34. The molecule has 0 atom stereocenters. The first-order valence-corrected chi connectivity index (χ1v) is 6.34. The molecule has 0 radical (unpaired) electrons. The van der Waals surface area contributed by atoms with E-state index in [2.05, 4.69) is 15.9 Å². The van der Waals surface area contributed by atoms with Gasteiger partial charge in [0.25, 0.3) is 0 Å². The highest BCUT2D eigenvalue weighted by molar-refractivity contribution is 9.09. The van der Waals surface area contributed by atoms with Crippen molar-refractivity contribution in [1.82, 2.24) is 0 Å². The lowest BCUT2D eigenvalue weighted by Crippen LogP contribution is -1.98. The SMILES string of the molecule is COc1cc(OC)cc(OCCCCBr)c1. The second kappa shape index (κ2) is 7.39. The van der Waals surface area contributed by atoms with Crippen LogP contribution < -0.4 is 14.2 Å². The molecule has 3 nitrogen and oxygen atoms in total. The van der Waals surface area contributed by atoms with Gasteiger partial charge in [-0.1, -0.05) is 15.9 Å². The molecule has 1 rings (SSSR count). The molecule has 1 aromatic carbocycles. The fraction of sp³-hybridized carbons (Fsp3) is 0.500. The van der Waals surface area contributed by atoms with Crippen LogP contribution in [-0.2, 0) is 0 Å². The Hall–Kier alpha value is -0.900. The summed E-state index contributed by atoms with van der Waals surface area (Å²) in [7, 11) is 3.26. The molecule has 16 heavy (non-hydrogen) atoms. The minimum atomic E-state index is 0.710. The molecule has 0 saturated heterocycles. The summed E-state index contributed by atoms with van der Waals surface area (Å²) in [4.78, 5) is 0. The van der Waals surface area contributed by atoms with Gasteiger partial charge >= 0.3 is 0 Å². The van der Waals surface area contributed by atoms with E-state index in [1.165, 1.54) is 0 Å². The minimum Gasteiger partial charge on any atom is -0.496 e. The quantitative estimate of drug-likeness (QED) is 0.569. The van der Waals surface area contributed by atoms with E-state index in [1.54, 1.807) is 14.2 Å². The fourth-order valence-electron chi connectivity index (χ4n) is 1.25. The van der Waals surface area contributed by atoms with Crippen LogP contribution in [0.1, 0.15) is 12.8 Å². The molecule has 0 fully saturated rings. The van der Waals surface area contributed by atoms with E-state index < -0.39 is 0 Å². The molecule has 0 aliphatic heterocycles. The van der Waals surface area contributed by atoms with Crippen LogP contribution in [0.2, 0.25) is 0 Å². The predicted octanol–water partition coefficient (Wildman–Crippen LogP) is 3.26. The number of rotatable bonds is 7. The predicted molar refractivity (Wildman–Crippen MR) is 68.1 cm³/mol. The maximum absolute atomic E-state index is 5.61. The highest BCUT2D eigenvalue weighted by Crippen LogP contribution is 2.27. The Morgan fingerprint density at radius 2 is 1.50 bits per heavy atom. The topological polar surface area (TPSA) is 27.7 Å². The van der Waals surface area contributed by atoms with Crippen molar-refractivity contribution in [2.45, 2.75) is 12.8 Å². The van der Waals surface area contributed by atoms with E-state index >= 15 is 0 Å². The van der Waals surface area contributed by atoms with Crippen molar-refractivity contribution in [2.75, 3.05) is 26.2 Å². The summed E-state index contributed by atoms with van der Waals surface area (Å²) in [6.45, 7) is 0.710. The molecule has 0 unspecified atom stereocenters. The molecule has 1 aromatic rings. The summed E-state index contributed by atoms with van der Waals surface area (Å²) in [5.74, 6) is 2.27. The van der Waals surface area contributed by atoms with Gasteiger partial charge in [-0.15, -0.1) is 0 Å². The highest BCUT2D eigenvalue weighted by atomic mass is 79.9. The zero-order chi connectivity index (χ0) is 11.8. The third-order valence-corrected chi connectivity index (χ3v) is 2.68. The number of alkyl halides is 1. The molecule has 0 spiro atoms. The lowest BCUT2D eigenvalue weighted by molar-refractivity contribution is 0.304. The Morgan fingerprint density at radius 1 is 0.938 bits per heavy atom. The lowest BCUT2D eigenvalue weighted by Gasteiger charge is -2.09. The van der Waals surface area contributed by atoms with Crippen molar-refractivity contribution >= 4 is 15.9 Å². The maximum Gasteiger partial charge on any atom is 0.126 e. The first kappa shape index (κ1) is 13.2. The van der Waals surface area contributed by atoms with Gasteiger partial charge in [0, 0.05) is 23.5 Å². The van der Waals surface area contributed by atoms with Crippen LogP contribution in [0.5, 0.6) is 17.2 Å². The van der Waals surface area contributed by atoms with Gasteiger partial charge in [-0.3, -0.25) is 0 Å². The molecule has 0 heterocycles. The Labute approximate surface area is 105 Å². The van der Waals surface area contributed by atoms with Gasteiger partial charge in [-0.2, -0.15) is 0 Å². The fourth-order valence-corrected chi connectivity index (χ4v) is 1.65. The van der Waals surface area contributed by atoms with Gasteiger partial charge in [0.05, 0.1) is 20.8 Å². The van der Waals surface area contributed by atoms with Crippen LogP contribution in [0.4, 0.5) is 0 Å². The molecule has 0 N–H and O–H groups in total. The molecule has 0 aliphatic rings. The number of halogens is 1. The second-order valence-corrected chi connectivity index (χ2v) is 4.09. The van der Waals surface area contributed by atoms with Crippen molar-refractivity contribution in [3.05, 3.63) is 18.2 Å². The summed E-state index contributed by atoms with van der Waals surface area (Å²) >= 11 is 3.39. The second-order valence-electron chi connectivity index (χ2n) is 3.29. The summed E-state index contributed by atoms with van der Waals surface area (Å²) in [6, 6.07) is 5.54. The summed E-state index contributed by atoms with van der Waals surface area (Å²) in [5, 5.41) is 1.01. The Kier molecular flexibility index (Phi) is 6.08. The van der Waals surface area contributed by atoms with Crippen LogP contribution in [-0.4, -0.2) is 26.2 Å². The smallest absolute Gasteiger partial charge is 0.126 e. The van der Waals surface area contributed by atoms with E-state index in [0.29, 0.717) is 6.61 Å². The van der Waals surface area contributed by atoms with Gasteiger partial charge in [0.15, 0.2) is 0 Å². The number of hydrogen-bond donors (Lipinski definition) is 0. The maximum atomic E-state index is 5.61. The van der Waals surface area contributed by atoms with Crippen LogP contribution in [0.3, 0.4) is 0 Å². The molecule has 0 bridgehead atoms. The van der Waals surface area contributed by atoms with E-state index in [4.69, 9.17) is 14.2 Å². The van der Waals surface area contributed by atoms with Gasteiger partial charge in [-0.25, -0.2) is 0 Å². The third-order valence-electron chi connectivity index (χ3n) is 2.12. The van der Waals surface area contributed by atoms with Crippen molar-refractivity contribution < 1.29 is 14.2 Å². The Morgan fingerprint density at radius 3 is 2.00 bits per heavy atom. The van der Waals surface area contributed by atoms with Gasteiger partial charge in [-0.05, 0) is 12.8 Å². The van der Waals surface area contributed by atoms with Crippen molar-refractivity contribution in [1.29, 1.82) is 0 Å². The summed E-state index contributed by atoms with van der Waals surface area (Å²) < 4.78 is 15.9. The molecule has 0 aromatic heterocycles. The summed E-state index contributed by atoms with van der Waals surface area (Å²) in [5.41, 5.74) is 0. The molecule has 0 amide bonds. The van der Waals surface area contributed by atoms with Gasteiger partial charge < -0.3 is 14.2 Å². The van der Waals surface area contributed by atoms with Crippen LogP contribution >= 0.6 is 15.9 Å². The van der Waals surface area contributed by atoms with Crippen LogP contribution in [0.15, 0.2) is 18.2 Å². The number of ether oxygens (including phenoxy) is 3. The monoisotopic (exact) mass is 288 g/mol. The largest absolute Gasteiger partial charge is 0.496 e. The van der Waals surface area contributed by atoms with Gasteiger partial charge in [0.1, 0.15) is 17.2 Å². The van der Waals surface area contributed by atoms with E-state index in [0.717, 1.165) is 35.4 Å². The number of benzene rings is 1. The van der Waals surface area contributed by atoms with E-state index in [1.807, 2.05) is 18.2 Å². The van der Waals surface area contributed by atoms with Crippen LogP contribution in [0, 0.1) is 0 Å². The molecule has 0 aliphatic carbocycles. The first-order chi connectivity index (χ1) is 7.80. The zero-order valence-electron chi connectivity index (χ0n) is 9.66. The van der Waals surface area contributed by atoms with E-state index in [-0.39, 0.29) is 0 Å². The molecular formula is C12H17BrO3. The molecular weight excluding hydrogens is 272 g/mol. The first-order valence-electron chi connectivity index (χ1n) is 5.22. The average molecular weight is 289 g/mol. The number of unbranched alkanes of at least 4 members (excludes halogenated alkanes) is 1. The number of hydrogen-bond acceptors (Lipinski definition) is 3. The standard InChI is InChI=1S/C12H17BrO3/c1-14-10-7-11(15-2)9-12(8-10)16-6-4-3-5-13/h7-9H,3-6H2,1-2H3. The molecule has 90 valence electrons. The van der Waals surface area contributed by atoms with Crippen molar-refractivity contribution in [3.63, 3.8) is 0 Å². The van der Waals surface area contributed by atoms with E-state index in [9.17, 15) is 0 Å². The van der Waals surface area contributed by atoms with Gasteiger partial charge in [0.2, 0.25) is 0 Å². The number of methoxy groups -OCH3 is 2. The minimum absolute atomic E-state index is 0.710. The molecule has 0 saturated carbocycles. The van der Waals surface area contributed by atoms with Crippen molar-refractivity contribution in [3.8, 4) is 17.2 Å². The lowest BCUT2D eigenvalue weighted by atomic mass is 10.3. The summed E-state index contributed by atoms with van der Waals surface area (Å²) in [6.07, 6.45) is 2.14. The van der Waals surface area contributed by atoms with Crippen LogP contribution in [0.25, 0.3) is 0 Å².